The van der Waals surface area contributed by atoms with Gasteiger partial charge in [-0.15, -0.1) is 0 Å². The predicted molar refractivity (Wildman–Crippen MR) is 97.5 cm³/mol. The number of rotatable bonds is 3. The van der Waals surface area contributed by atoms with Crippen molar-refractivity contribution in [3.05, 3.63) is 42.1 Å². The number of nitrogens with one attached hydrogen (secondary N) is 1. The maximum Gasteiger partial charge on any atom is 0.228 e. The lowest BCUT2D eigenvalue weighted by molar-refractivity contribution is -0.120. The highest BCUT2D eigenvalue weighted by Crippen LogP contribution is 2.28. The fourth-order valence-electron chi connectivity index (χ4n) is 3.20. The summed E-state index contributed by atoms with van der Waals surface area (Å²) in [6.45, 7) is 6.41. The normalized spacial score (nSPS) is 16.1. The van der Waals surface area contributed by atoms with Crippen molar-refractivity contribution in [1.29, 1.82) is 0 Å². The van der Waals surface area contributed by atoms with Crippen LogP contribution in [0.3, 0.4) is 0 Å². The summed E-state index contributed by atoms with van der Waals surface area (Å²) in [7, 11) is 0. The van der Waals surface area contributed by atoms with Gasteiger partial charge in [0, 0.05) is 17.4 Å². The number of hydrogen-bond donors (Lipinski definition) is 1. The van der Waals surface area contributed by atoms with E-state index in [-0.39, 0.29) is 17.2 Å². The second kappa shape index (κ2) is 6.80. The van der Waals surface area contributed by atoms with Crippen LogP contribution >= 0.6 is 0 Å². The topological polar surface area (TPSA) is 46.9 Å². The standard InChI is InChI=1S/C20H27N3O/c1-20(2,3)17-14-18(21-19(24)15-10-6-4-7-11-15)23(22-17)16-12-8-5-9-13-16/h5,8-9,12-15H,4,6-7,10-11H2,1-3H3,(H,21,24). The third kappa shape index (κ3) is 3.69. The zero-order valence-corrected chi connectivity index (χ0v) is 14.9. The Morgan fingerprint density at radius 1 is 1.12 bits per heavy atom. The molecule has 1 saturated carbocycles. The van der Waals surface area contributed by atoms with Gasteiger partial charge in [0.2, 0.25) is 5.91 Å². The highest BCUT2D eigenvalue weighted by molar-refractivity contribution is 5.92. The van der Waals surface area contributed by atoms with Crippen molar-refractivity contribution < 1.29 is 4.79 Å². The molecular formula is C20H27N3O. The molecule has 3 rings (SSSR count). The van der Waals surface area contributed by atoms with Crippen molar-refractivity contribution in [2.75, 3.05) is 5.32 Å². The second-order valence-electron chi connectivity index (χ2n) is 7.74. The molecule has 1 amide bonds. The van der Waals surface area contributed by atoms with Crippen molar-refractivity contribution in [2.24, 2.45) is 5.92 Å². The third-order valence-electron chi connectivity index (χ3n) is 4.71. The van der Waals surface area contributed by atoms with E-state index in [2.05, 4.69) is 26.1 Å². The van der Waals surface area contributed by atoms with Crippen LogP contribution in [0.5, 0.6) is 0 Å². The van der Waals surface area contributed by atoms with E-state index in [0.717, 1.165) is 42.9 Å². The molecule has 0 spiro atoms. The van der Waals surface area contributed by atoms with Gasteiger partial charge in [0.1, 0.15) is 5.82 Å². The highest BCUT2D eigenvalue weighted by atomic mass is 16.2. The molecule has 1 aliphatic rings. The summed E-state index contributed by atoms with van der Waals surface area (Å²) in [5.74, 6) is 1.03. The number of benzene rings is 1. The minimum Gasteiger partial charge on any atom is -0.310 e. The number of carbonyl (C=O) groups is 1. The van der Waals surface area contributed by atoms with Crippen LogP contribution in [0.15, 0.2) is 36.4 Å². The molecule has 1 aromatic carbocycles. The number of amides is 1. The van der Waals surface area contributed by atoms with Crippen LogP contribution in [0.1, 0.15) is 58.6 Å². The van der Waals surface area contributed by atoms with Gasteiger partial charge in [0.05, 0.1) is 11.4 Å². The van der Waals surface area contributed by atoms with E-state index in [9.17, 15) is 4.79 Å². The summed E-state index contributed by atoms with van der Waals surface area (Å²) in [6, 6.07) is 12.0. The number of hydrogen-bond acceptors (Lipinski definition) is 2. The first-order chi connectivity index (χ1) is 11.4. The Morgan fingerprint density at radius 2 is 1.79 bits per heavy atom. The molecule has 4 heteroatoms. The van der Waals surface area contributed by atoms with Gasteiger partial charge in [-0.3, -0.25) is 4.79 Å². The van der Waals surface area contributed by atoms with E-state index in [1.54, 1.807) is 0 Å². The lowest BCUT2D eigenvalue weighted by Gasteiger charge is -2.20. The lowest BCUT2D eigenvalue weighted by atomic mass is 9.88. The number of aromatic nitrogens is 2. The van der Waals surface area contributed by atoms with Gasteiger partial charge in [-0.25, -0.2) is 4.68 Å². The fraction of sp³-hybridized carbons (Fsp3) is 0.500. The quantitative estimate of drug-likeness (QED) is 0.890. The summed E-state index contributed by atoms with van der Waals surface area (Å²) < 4.78 is 1.85. The molecule has 24 heavy (non-hydrogen) atoms. The Labute approximate surface area is 144 Å². The second-order valence-corrected chi connectivity index (χ2v) is 7.74. The first-order valence-corrected chi connectivity index (χ1v) is 8.92. The molecule has 0 saturated heterocycles. The Hall–Kier alpha value is -2.10. The van der Waals surface area contributed by atoms with Crippen molar-refractivity contribution in [1.82, 2.24) is 9.78 Å². The van der Waals surface area contributed by atoms with Gasteiger partial charge >= 0.3 is 0 Å². The minimum absolute atomic E-state index is 0.0651. The molecule has 0 radical (unpaired) electrons. The van der Waals surface area contributed by atoms with Crippen LogP contribution in [-0.4, -0.2) is 15.7 Å². The van der Waals surface area contributed by atoms with Crippen LogP contribution in [0, 0.1) is 5.92 Å². The molecule has 0 aliphatic heterocycles. The van der Waals surface area contributed by atoms with Gasteiger partial charge in [-0.05, 0) is 25.0 Å². The van der Waals surface area contributed by atoms with Crippen LogP contribution < -0.4 is 5.32 Å². The largest absolute Gasteiger partial charge is 0.310 e. The average Bonchev–Trinajstić information content (AvgIpc) is 3.00. The molecule has 0 unspecified atom stereocenters. The molecule has 1 aliphatic carbocycles. The number of nitrogens with zero attached hydrogens (tertiary/aromatic N) is 2. The third-order valence-corrected chi connectivity index (χ3v) is 4.71. The zero-order chi connectivity index (χ0) is 17.2. The first-order valence-electron chi connectivity index (χ1n) is 8.92. The van der Waals surface area contributed by atoms with Gasteiger partial charge in [0.25, 0.3) is 0 Å². The van der Waals surface area contributed by atoms with Crippen LogP contribution in [0.2, 0.25) is 0 Å². The van der Waals surface area contributed by atoms with Crippen molar-refractivity contribution in [3.8, 4) is 5.69 Å². The summed E-state index contributed by atoms with van der Waals surface area (Å²) in [5, 5.41) is 7.88. The SMILES string of the molecule is CC(C)(C)c1cc(NC(=O)C2CCCCC2)n(-c2ccccc2)n1. The van der Waals surface area contributed by atoms with E-state index < -0.39 is 0 Å². The molecule has 4 nitrogen and oxygen atoms in total. The Balaban J connectivity index is 1.90. The first kappa shape index (κ1) is 16.7. The van der Waals surface area contributed by atoms with E-state index in [1.165, 1.54) is 6.42 Å². The average molecular weight is 325 g/mol. The molecule has 1 N–H and O–H groups in total. The van der Waals surface area contributed by atoms with Crippen LogP contribution in [-0.2, 0) is 10.2 Å². The Bertz CT molecular complexity index is 691. The van der Waals surface area contributed by atoms with Gasteiger partial charge < -0.3 is 5.32 Å². The van der Waals surface area contributed by atoms with Gasteiger partial charge in [-0.2, -0.15) is 5.10 Å². The van der Waals surface area contributed by atoms with Crippen molar-refractivity contribution in [2.45, 2.75) is 58.3 Å². The van der Waals surface area contributed by atoms with Crippen LogP contribution in [0.4, 0.5) is 5.82 Å². The zero-order valence-electron chi connectivity index (χ0n) is 14.9. The van der Waals surface area contributed by atoms with E-state index in [1.807, 2.05) is 41.1 Å². The Morgan fingerprint density at radius 3 is 2.42 bits per heavy atom. The van der Waals surface area contributed by atoms with E-state index in [4.69, 9.17) is 5.10 Å². The summed E-state index contributed by atoms with van der Waals surface area (Å²) in [6.07, 6.45) is 5.56. The monoisotopic (exact) mass is 325 g/mol. The maximum atomic E-state index is 12.7. The fourth-order valence-corrected chi connectivity index (χ4v) is 3.20. The number of anilines is 1. The van der Waals surface area contributed by atoms with Gasteiger partial charge in [0.15, 0.2) is 0 Å². The molecule has 0 atom stereocenters. The molecule has 1 fully saturated rings. The molecule has 1 heterocycles. The van der Waals surface area contributed by atoms with Gasteiger partial charge in [-0.1, -0.05) is 58.2 Å². The number of carbonyl (C=O) groups excluding carboxylic acids is 1. The van der Waals surface area contributed by atoms with E-state index >= 15 is 0 Å². The molecule has 128 valence electrons. The van der Waals surface area contributed by atoms with Crippen LogP contribution in [0.25, 0.3) is 5.69 Å². The lowest BCUT2D eigenvalue weighted by Crippen LogP contribution is -2.25. The highest BCUT2D eigenvalue weighted by Gasteiger charge is 2.25. The minimum atomic E-state index is -0.0651. The Kier molecular flexibility index (Phi) is 4.74. The molecular weight excluding hydrogens is 298 g/mol. The summed E-state index contributed by atoms with van der Waals surface area (Å²) in [5.41, 5.74) is 1.88. The predicted octanol–water partition coefficient (Wildman–Crippen LogP) is 4.69. The molecule has 1 aromatic heterocycles. The maximum absolute atomic E-state index is 12.7. The van der Waals surface area contributed by atoms with Crippen molar-refractivity contribution >= 4 is 11.7 Å². The van der Waals surface area contributed by atoms with E-state index in [0.29, 0.717) is 0 Å². The molecule has 0 bridgehead atoms. The summed E-state index contributed by atoms with van der Waals surface area (Å²) in [4.78, 5) is 12.7. The summed E-state index contributed by atoms with van der Waals surface area (Å²) >= 11 is 0. The molecule has 2 aromatic rings. The smallest absolute Gasteiger partial charge is 0.228 e. The van der Waals surface area contributed by atoms with Crippen molar-refractivity contribution in [3.63, 3.8) is 0 Å². The number of para-hydroxylation sites is 1.